The van der Waals surface area contributed by atoms with E-state index in [0.29, 0.717) is 0 Å². The minimum atomic E-state index is -5.07. The predicted octanol–water partition coefficient (Wildman–Crippen LogP) is 0.123. The lowest BCUT2D eigenvalue weighted by molar-refractivity contribution is -0.149. The van der Waals surface area contributed by atoms with Crippen LogP contribution in [0.3, 0.4) is 0 Å². The minimum Gasteiger partial charge on any atom is -0.466 e. The van der Waals surface area contributed by atoms with Gasteiger partial charge in [-0.15, -0.1) is 0 Å². The van der Waals surface area contributed by atoms with E-state index < -0.39 is 27.5 Å². The van der Waals surface area contributed by atoms with Crippen molar-refractivity contribution in [2.75, 3.05) is 7.11 Å². The summed E-state index contributed by atoms with van der Waals surface area (Å²) in [5.74, 6) is -1.62. The van der Waals surface area contributed by atoms with E-state index in [1.54, 1.807) is 0 Å². The first-order chi connectivity index (χ1) is 5.29. The molecule has 72 valence electrons. The number of hydrogen-bond donors (Lipinski definition) is 1. The zero-order chi connectivity index (χ0) is 9.99. The van der Waals surface area contributed by atoms with Gasteiger partial charge in [-0.25, -0.2) is 9.18 Å². The molecule has 0 aromatic heterocycles. The molecule has 7 heteroatoms. The third-order valence-corrected chi connectivity index (χ3v) is 2.63. The fourth-order valence-corrected chi connectivity index (χ4v) is 1.24. The molecule has 0 aromatic carbocycles. The smallest absolute Gasteiger partial charge is 0.362 e. The summed E-state index contributed by atoms with van der Waals surface area (Å²) in [6.45, 7) is 1.10. The zero-order valence-corrected chi connectivity index (χ0v) is 7.39. The Balaban J connectivity index is 5.09. The molecule has 0 fully saturated rings. The Morgan fingerprint density at radius 1 is 1.67 bits per heavy atom. The maximum absolute atomic E-state index is 13.1. The zero-order valence-electron chi connectivity index (χ0n) is 6.57. The number of carbonyl (C=O) groups is 1. The summed E-state index contributed by atoms with van der Waals surface area (Å²) in [6, 6.07) is 0. The number of alkyl halides is 1. The number of halogens is 1. The second kappa shape index (κ2) is 3.36. The number of methoxy groups -OCH3 is 1. The lowest BCUT2D eigenvalue weighted by atomic mass is 10.3. The number of esters is 1. The summed E-state index contributed by atoms with van der Waals surface area (Å²) in [4.78, 5) is 10.6. The average molecular weight is 200 g/mol. The van der Waals surface area contributed by atoms with Gasteiger partial charge in [-0.2, -0.15) is 8.42 Å². The van der Waals surface area contributed by atoms with Gasteiger partial charge in [0.2, 0.25) is 0 Å². The van der Waals surface area contributed by atoms with Gasteiger partial charge in [0.25, 0.3) is 0 Å². The lowest BCUT2D eigenvalue weighted by Crippen LogP contribution is -2.42. The Hall–Kier alpha value is -0.690. The highest BCUT2D eigenvalue weighted by atomic mass is 32.2. The van der Waals surface area contributed by atoms with Crippen LogP contribution in [0, 0.1) is 0 Å². The van der Waals surface area contributed by atoms with Gasteiger partial charge >= 0.3 is 21.1 Å². The van der Waals surface area contributed by atoms with Crippen molar-refractivity contribution < 1.29 is 26.9 Å². The molecule has 1 atom stereocenters. The van der Waals surface area contributed by atoms with Crippen LogP contribution in [-0.2, 0) is 19.6 Å². The summed E-state index contributed by atoms with van der Waals surface area (Å²) >= 11 is 0. The molecule has 5 nitrogen and oxygen atoms in total. The second-order valence-corrected chi connectivity index (χ2v) is 3.65. The molecule has 0 saturated heterocycles. The van der Waals surface area contributed by atoms with Crippen LogP contribution in [-0.4, -0.2) is 31.1 Å². The first-order valence-corrected chi connectivity index (χ1v) is 4.48. The van der Waals surface area contributed by atoms with Gasteiger partial charge in [0.05, 0.1) is 7.11 Å². The van der Waals surface area contributed by atoms with E-state index in [1.807, 2.05) is 0 Å². The average Bonchev–Trinajstić information content (AvgIpc) is 1.99. The molecule has 12 heavy (non-hydrogen) atoms. The quantitative estimate of drug-likeness (QED) is 0.517. The van der Waals surface area contributed by atoms with Crippen LogP contribution in [0.2, 0.25) is 0 Å². The van der Waals surface area contributed by atoms with Crippen LogP contribution in [0.4, 0.5) is 4.39 Å². The van der Waals surface area contributed by atoms with Crippen molar-refractivity contribution in [2.45, 2.75) is 18.3 Å². The SMILES string of the molecule is CCC(F)(C(=O)OC)S(=O)(=O)O. The van der Waals surface area contributed by atoms with Crippen LogP contribution in [0.1, 0.15) is 13.3 Å². The van der Waals surface area contributed by atoms with E-state index in [9.17, 15) is 17.6 Å². The molecule has 0 aliphatic carbocycles. The summed E-state index contributed by atoms with van der Waals surface area (Å²) < 4.78 is 46.1. The minimum absolute atomic E-state index is 0.696. The van der Waals surface area contributed by atoms with Crippen molar-refractivity contribution in [3.8, 4) is 0 Å². The van der Waals surface area contributed by atoms with Gasteiger partial charge in [0.1, 0.15) is 0 Å². The van der Waals surface area contributed by atoms with Gasteiger partial charge in [-0.1, -0.05) is 6.92 Å². The monoisotopic (exact) mass is 200 g/mol. The number of rotatable bonds is 3. The van der Waals surface area contributed by atoms with E-state index in [4.69, 9.17) is 4.55 Å². The van der Waals surface area contributed by atoms with Gasteiger partial charge in [0.15, 0.2) is 0 Å². The lowest BCUT2D eigenvalue weighted by Gasteiger charge is -2.16. The Kier molecular flexibility index (Phi) is 3.17. The summed E-state index contributed by atoms with van der Waals surface area (Å²) in [5.41, 5.74) is 0. The van der Waals surface area contributed by atoms with Gasteiger partial charge < -0.3 is 4.74 Å². The van der Waals surface area contributed by atoms with Crippen molar-refractivity contribution in [2.24, 2.45) is 0 Å². The third kappa shape index (κ3) is 1.72. The van der Waals surface area contributed by atoms with Crippen molar-refractivity contribution in [3.63, 3.8) is 0 Å². The molecule has 0 radical (unpaired) electrons. The fourth-order valence-electron chi connectivity index (χ4n) is 0.584. The Labute approximate surface area is 69.3 Å². The molecule has 0 aliphatic rings. The molecule has 0 saturated carbocycles. The summed E-state index contributed by atoms with van der Waals surface area (Å²) in [5, 5.41) is -3.35. The van der Waals surface area contributed by atoms with Crippen LogP contribution >= 0.6 is 0 Å². The number of carbonyl (C=O) groups excluding carboxylic acids is 1. The Bertz CT molecular complexity index is 272. The highest BCUT2D eigenvalue weighted by Gasteiger charge is 2.50. The van der Waals surface area contributed by atoms with E-state index >= 15 is 0 Å². The normalized spacial score (nSPS) is 16.7. The third-order valence-electron chi connectivity index (χ3n) is 1.35. The van der Waals surface area contributed by atoms with Gasteiger partial charge in [-0.3, -0.25) is 4.55 Å². The maximum atomic E-state index is 13.1. The van der Waals surface area contributed by atoms with E-state index in [2.05, 4.69) is 4.74 Å². The highest BCUT2D eigenvalue weighted by Crippen LogP contribution is 2.23. The van der Waals surface area contributed by atoms with E-state index in [1.165, 1.54) is 0 Å². The second-order valence-electron chi connectivity index (χ2n) is 2.05. The standard InChI is InChI=1S/C5H9FO5S/c1-3-5(6,4(7)11-2)12(8,9)10/h3H2,1-2H3,(H,8,9,10). The molecule has 0 aliphatic heterocycles. The van der Waals surface area contributed by atoms with Crippen LogP contribution < -0.4 is 0 Å². The predicted molar refractivity (Wildman–Crippen MR) is 37.7 cm³/mol. The summed E-state index contributed by atoms with van der Waals surface area (Å²) in [7, 11) is -4.24. The number of ether oxygens (including phenoxy) is 1. The highest BCUT2D eigenvalue weighted by molar-refractivity contribution is 7.87. The molecule has 0 bridgehead atoms. The summed E-state index contributed by atoms with van der Waals surface area (Å²) in [6.07, 6.45) is -0.696. The Morgan fingerprint density at radius 2 is 2.08 bits per heavy atom. The molecule has 0 amide bonds. The fraction of sp³-hybridized carbons (Fsp3) is 0.800. The van der Waals surface area contributed by atoms with Gasteiger partial charge in [-0.05, 0) is 0 Å². The maximum Gasteiger partial charge on any atom is 0.362 e. The Morgan fingerprint density at radius 3 is 2.17 bits per heavy atom. The van der Waals surface area contributed by atoms with Crippen molar-refractivity contribution in [1.82, 2.24) is 0 Å². The molecular weight excluding hydrogens is 191 g/mol. The van der Waals surface area contributed by atoms with E-state index in [0.717, 1.165) is 14.0 Å². The largest absolute Gasteiger partial charge is 0.466 e. The molecule has 0 aromatic rings. The van der Waals surface area contributed by atoms with Crippen molar-refractivity contribution >= 4 is 16.1 Å². The first kappa shape index (κ1) is 11.3. The van der Waals surface area contributed by atoms with Crippen LogP contribution in [0.5, 0.6) is 0 Å². The van der Waals surface area contributed by atoms with Crippen LogP contribution in [0.25, 0.3) is 0 Å². The molecular formula is C5H9FO5S. The van der Waals surface area contributed by atoms with Crippen molar-refractivity contribution in [3.05, 3.63) is 0 Å². The molecule has 1 N–H and O–H groups in total. The molecule has 1 unspecified atom stereocenters. The van der Waals surface area contributed by atoms with Crippen molar-refractivity contribution in [1.29, 1.82) is 0 Å². The first-order valence-electron chi connectivity index (χ1n) is 3.04. The van der Waals surface area contributed by atoms with Crippen LogP contribution in [0.15, 0.2) is 0 Å². The topological polar surface area (TPSA) is 80.7 Å². The van der Waals surface area contributed by atoms with Gasteiger partial charge in [0, 0.05) is 6.42 Å². The number of hydrogen-bond acceptors (Lipinski definition) is 4. The van der Waals surface area contributed by atoms with E-state index in [-0.39, 0.29) is 0 Å². The molecule has 0 rings (SSSR count). The molecule has 0 heterocycles. The molecule has 0 spiro atoms.